The topological polar surface area (TPSA) is 125 Å². The van der Waals surface area contributed by atoms with Gasteiger partial charge in [0.15, 0.2) is 11.5 Å². The molecular weight excluding hydrogens is 457 g/mol. The number of nitrogens with two attached hydrogens (primary N) is 1. The molecule has 0 fully saturated rings. The monoisotopic (exact) mass is 479 g/mol. The fraction of sp³-hybridized carbons (Fsp3) is 0.286. The van der Waals surface area contributed by atoms with Gasteiger partial charge in [-0.3, -0.25) is 4.79 Å². The Labute approximate surface area is 195 Å². The summed E-state index contributed by atoms with van der Waals surface area (Å²) in [7, 11) is 0. The van der Waals surface area contributed by atoms with Crippen LogP contribution >= 0.6 is 23.2 Å². The van der Waals surface area contributed by atoms with E-state index < -0.39 is 5.91 Å². The van der Waals surface area contributed by atoms with E-state index in [1.54, 1.807) is 12.1 Å². The van der Waals surface area contributed by atoms with Crippen LogP contribution in [0.25, 0.3) is 0 Å². The molecule has 1 amide bonds. The van der Waals surface area contributed by atoms with E-state index in [9.17, 15) is 4.79 Å². The number of amides is 1. The van der Waals surface area contributed by atoms with E-state index in [1.165, 1.54) is 0 Å². The summed E-state index contributed by atoms with van der Waals surface area (Å²) in [4.78, 5) is 11.9. The third-order valence-corrected chi connectivity index (χ3v) is 4.84. The van der Waals surface area contributed by atoms with Crippen LogP contribution in [0.4, 0.5) is 5.82 Å². The van der Waals surface area contributed by atoms with Gasteiger partial charge in [-0.15, -0.1) is 0 Å². The summed E-state index contributed by atoms with van der Waals surface area (Å²) in [5.41, 5.74) is 7.33. The summed E-state index contributed by atoms with van der Waals surface area (Å²) in [6.07, 6.45) is 0. The van der Waals surface area contributed by atoms with Crippen molar-refractivity contribution in [2.75, 3.05) is 25.4 Å². The molecule has 9 nitrogen and oxygen atoms in total. The predicted octanol–water partition coefficient (Wildman–Crippen LogP) is 3.46. The van der Waals surface area contributed by atoms with Crippen molar-refractivity contribution in [3.05, 3.63) is 63.3 Å². The first kappa shape index (κ1) is 23.6. The van der Waals surface area contributed by atoms with Crippen molar-refractivity contribution in [1.82, 2.24) is 20.9 Å². The SMILES string of the molecule is CCOc1cc(CNCCNC(=O)c2nonc2N)cc(Cl)c1OCc1ccc(Cl)cc1. The van der Waals surface area contributed by atoms with Crippen LogP contribution in [0.15, 0.2) is 41.0 Å². The standard InChI is InChI=1S/C21H23Cl2N5O4/c1-2-30-17-10-14(11-25-7-8-26-21(29)18-20(24)28-32-27-18)9-16(23)19(17)31-12-13-3-5-15(22)6-4-13/h3-6,9-10,25H,2,7-8,11-12H2,1H3,(H2,24,28)(H,26,29). The zero-order chi connectivity index (χ0) is 22.9. The van der Waals surface area contributed by atoms with Crippen LogP contribution in [0.1, 0.15) is 28.5 Å². The van der Waals surface area contributed by atoms with Gasteiger partial charge in [-0.1, -0.05) is 35.3 Å². The van der Waals surface area contributed by atoms with Crippen LogP contribution in [0.5, 0.6) is 11.5 Å². The Bertz CT molecular complexity index is 1040. The zero-order valence-corrected chi connectivity index (χ0v) is 18.9. The van der Waals surface area contributed by atoms with Gasteiger partial charge in [0, 0.05) is 24.7 Å². The minimum atomic E-state index is -0.450. The summed E-state index contributed by atoms with van der Waals surface area (Å²) in [5.74, 6) is 0.549. The van der Waals surface area contributed by atoms with Gasteiger partial charge in [-0.05, 0) is 52.6 Å². The van der Waals surface area contributed by atoms with Crippen molar-refractivity contribution in [1.29, 1.82) is 0 Å². The maximum atomic E-state index is 11.9. The second-order valence-corrected chi connectivity index (χ2v) is 7.53. The highest BCUT2D eigenvalue weighted by Gasteiger charge is 2.15. The third kappa shape index (κ3) is 6.49. The molecule has 170 valence electrons. The van der Waals surface area contributed by atoms with Crippen LogP contribution < -0.4 is 25.8 Å². The lowest BCUT2D eigenvalue weighted by atomic mass is 10.2. The van der Waals surface area contributed by atoms with E-state index in [0.29, 0.717) is 54.4 Å². The fourth-order valence-electron chi connectivity index (χ4n) is 2.80. The molecule has 0 saturated carbocycles. The van der Waals surface area contributed by atoms with Crippen LogP contribution in [0, 0.1) is 0 Å². The fourth-order valence-corrected chi connectivity index (χ4v) is 3.21. The van der Waals surface area contributed by atoms with Crippen LogP contribution in [-0.4, -0.2) is 35.9 Å². The highest BCUT2D eigenvalue weighted by atomic mass is 35.5. The number of ether oxygens (including phenoxy) is 2. The molecule has 2 aromatic carbocycles. The number of nitrogens with zero attached hydrogens (tertiary/aromatic N) is 2. The summed E-state index contributed by atoms with van der Waals surface area (Å²) in [6, 6.07) is 11.1. The minimum Gasteiger partial charge on any atom is -0.490 e. The van der Waals surface area contributed by atoms with E-state index in [4.69, 9.17) is 38.4 Å². The van der Waals surface area contributed by atoms with Gasteiger partial charge in [0.25, 0.3) is 5.91 Å². The van der Waals surface area contributed by atoms with Gasteiger partial charge in [0.2, 0.25) is 11.5 Å². The Morgan fingerprint density at radius 3 is 2.56 bits per heavy atom. The molecule has 0 aliphatic heterocycles. The first-order valence-corrected chi connectivity index (χ1v) is 10.6. The number of hydrogen-bond donors (Lipinski definition) is 3. The van der Waals surface area contributed by atoms with Gasteiger partial charge in [-0.25, -0.2) is 4.63 Å². The number of hydrogen-bond acceptors (Lipinski definition) is 8. The molecule has 0 atom stereocenters. The molecule has 0 saturated heterocycles. The van der Waals surface area contributed by atoms with Crippen molar-refractivity contribution in [3.63, 3.8) is 0 Å². The van der Waals surface area contributed by atoms with Crippen LogP contribution in [-0.2, 0) is 13.2 Å². The van der Waals surface area contributed by atoms with Crippen molar-refractivity contribution >= 4 is 34.9 Å². The van der Waals surface area contributed by atoms with E-state index >= 15 is 0 Å². The number of benzene rings is 2. The number of carbonyl (C=O) groups excluding carboxylic acids is 1. The van der Waals surface area contributed by atoms with Gasteiger partial charge in [0.05, 0.1) is 11.6 Å². The number of aromatic nitrogens is 2. The lowest BCUT2D eigenvalue weighted by molar-refractivity contribution is 0.0944. The minimum absolute atomic E-state index is 0.0349. The second-order valence-electron chi connectivity index (χ2n) is 6.68. The van der Waals surface area contributed by atoms with Crippen LogP contribution in [0.3, 0.4) is 0 Å². The van der Waals surface area contributed by atoms with Gasteiger partial charge >= 0.3 is 0 Å². The smallest absolute Gasteiger partial charge is 0.277 e. The Kier molecular flexibility index (Phi) is 8.55. The number of halogens is 2. The number of rotatable bonds is 11. The number of nitrogens with one attached hydrogen (secondary N) is 2. The molecule has 0 aliphatic rings. The van der Waals surface area contributed by atoms with Crippen molar-refractivity contribution < 1.29 is 18.9 Å². The number of nitrogen functional groups attached to an aromatic ring is 1. The molecule has 0 bridgehead atoms. The van der Waals surface area contributed by atoms with Crippen molar-refractivity contribution in [2.24, 2.45) is 0 Å². The summed E-state index contributed by atoms with van der Waals surface area (Å²) < 4.78 is 16.1. The molecule has 3 aromatic rings. The van der Waals surface area contributed by atoms with E-state index in [2.05, 4.69) is 25.6 Å². The summed E-state index contributed by atoms with van der Waals surface area (Å²) in [6.45, 7) is 4.08. The summed E-state index contributed by atoms with van der Waals surface area (Å²) in [5, 5.41) is 13.8. The third-order valence-electron chi connectivity index (χ3n) is 4.31. The largest absolute Gasteiger partial charge is 0.490 e. The molecule has 32 heavy (non-hydrogen) atoms. The average Bonchev–Trinajstić information content (AvgIpc) is 3.20. The Hall–Kier alpha value is -3.01. The van der Waals surface area contributed by atoms with Gasteiger partial charge < -0.3 is 25.8 Å². The maximum absolute atomic E-state index is 11.9. The van der Waals surface area contributed by atoms with E-state index in [0.717, 1.165) is 11.1 Å². The molecule has 0 radical (unpaired) electrons. The highest BCUT2D eigenvalue weighted by molar-refractivity contribution is 6.32. The number of carbonyl (C=O) groups is 1. The highest BCUT2D eigenvalue weighted by Crippen LogP contribution is 2.37. The Morgan fingerprint density at radius 1 is 1.09 bits per heavy atom. The molecule has 1 aromatic heterocycles. The average molecular weight is 480 g/mol. The molecule has 1 heterocycles. The van der Waals surface area contributed by atoms with Gasteiger partial charge in [-0.2, -0.15) is 0 Å². The molecular formula is C21H23Cl2N5O4. The second kappa shape index (κ2) is 11.6. The molecule has 11 heteroatoms. The first-order valence-electron chi connectivity index (χ1n) is 9.87. The van der Waals surface area contributed by atoms with Crippen molar-refractivity contribution in [2.45, 2.75) is 20.1 Å². The molecule has 0 spiro atoms. The van der Waals surface area contributed by atoms with E-state index in [-0.39, 0.29) is 11.5 Å². The maximum Gasteiger partial charge on any atom is 0.277 e. The summed E-state index contributed by atoms with van der Waals surface area (Å²) >= 11 is 12.4. The molecule has 3 rings (SSSR count). The lowest BCUT2D eigenvalue weighted by Gasteiger charge is -2.16. The Balaban J connectivity index is 1.53. The van der Waals surface area contributed by atoms with E-state index in [1.807, 2.05) is 31.2 Å². The lowest BCUT2D eigenvalue weighted by Crippen LogP contribution is -2.32. The predicted molar refractivity (Wildman–Crippen MR) is 121 cm³/mol. The van der Waals surface area contributed by atoms with Gasteiger partial charge in [0.1, 0.15) is 6.61 Å². The molecule has 4 N–H and O–H groups in total. The molecule has 0 unspecified atom stereocenters. The molecule has 0 aliphatic carbocycles. The van der Waals surface area contributed by atoms with Crippen LogP contribution in [0.2, 0.25) is 10.0 Å². The van der Waals surface area contributed by atoms with Crippen molar-refractivity contribution in [3.8, 4) is 11.5 Å². The Morgan fingerprint density at radius 2 is 1.88 bits per heavy atom. The zero-order valence-electron chi connectivity index (χ0n) is 17.4. The normalized spacial score (nSPS) is 10.7. The number of anilines is 1. The quantitative estimate of drug-likeness (QED) is 0.357. The first-order chi connectivity index (χ1) is 15.5.